The molecule has 0 fully saturated rings. The van der Waals surface area contributed by atoms with Gasteiger partial charge in [0.2, 0.25) is 0 Å². The first-order valence-electron chi connectivity index (χ1n) is 3.91. The monoisotopic (exact) mass is 191 g/mol. The molecular formula is C8H11F2NO2. The Morgan fingerprint density at radius 3 is 2.46 bits per heavy atom. The second-order valence-corrected chi connectivity index (χ2v) is 2.88. The maximum atomic E-state index is 13.3. The van der Waals surface area contributed by atoms with Crippen molar-refractivity contribution in [2.75, 3.05) is 6.61 Å². The van der Waals surface area contributed by atoms with Crippen molar-refractivity contribution in [2.45, 2.75) is 26.2 Å². The van der Waals surface area contributed by atoms with Crippen LogP contribution in [-0.2, 0) is 5.92 Å². The smallest absolute Gasteiger partial charge is 0.280 e. The molecule has 0 bridgehead atoms. The molecule has 0 atom stereocenters. The SMILES string of the molecule is Cc1noc(C)c1C(F)(F)CCO. The molecule has 1 aromatic rings. The summed E-state index contributed by atoms with van der Waals surface area (Å²) in [7, 11) is 0. The highest BCUT2D eigenvalue weighted by Gasteiger charge is 2.36. The fourth-order valence-corrected chi connectivity index (χ4v) is 1.27. The molecule has 0 aliphatic carbocycles. The number of rotatable bonds is 3. The van der Waals surface area contributed by atoms with Crippen LogP contribution in [0, 0.1) is 13.8 Å². The van der Waals surface area contributed by atoms with Gasteiger partial charge < -0.3 is 9.63 Å². The Labute approximate surface area is 74.3 Å². The van der Waals surface area contributed by atoms with E-state index >= 15 is 0 Å². The van der Waals surface area contributed by atoms with Crippen LogP contribution < -0.4 is 0 Å². The van der Waals surface area contributed by atoms with Crippen molar-refractivity contribution in [1.82, 2.24) is 5.16 Å². The summed E-state index contributed by atoms with van der Waals surface area (Å²) in [6.45, 7) is 2.33. The van der Waals surface area contributed by atoms with E-state index in [4.69, 9.17) is 5.11 Å². The Hall–Kier alpha value is -0.970. The van der Waals surface area contributed by atoms with Crippen LogP contribution >= 0.6 is 0 Å². The van der Waals surface area contributed by atoms with E-state index in [0.29, 0.717) is 0 Å². The van der Waals surface area contributed by atoms with Gasteiger partial charge in [-0.3, -0.25) is 0 Å². The normalized spacial score (nSPS) is 12.1. The fraction of sp³-hybridized carbons (Fsp3) is 0.625. The molecule has 13 heavy (non-hydrogen) atoms. The first-order chi connectivity index (χ1) is 5.99. The van der Waals surface area contributed by atoms with Crippen molar-refractivity contribution in [3.63, 3.8) is 0 Å². The molecule has 74 valence electrons. The number of aliphatic hydroxyl groups excluding tert-OH is 1. The van der Waals surface area contributed by atoms with Gasteiger partial charge in [-0.1, -0.05) is 5.16 Å². The van der Waals surface area contributed by atoms with Gasteiger partial charge >= 0.3 is 0 Å². The molecule has 0 spiro atoms. The Kier molecular flexibility index (Phi) is 2.66. The summed E-state index contributed by atoms with van der Waals surface area (Å²) in [6, 6.07) is 0. The quantitative estimate of drug-likeness (QED) is 0.791. The van der Waals surface area contributed by atoms with Gasteiger partial charge in [-0.05, 0) is 13.8 Å². The van der Waals surface area contributed by atoms with Crippen LogP contribution in [0.4, 0.5) is 8.78 Å². The predicted molar refractivity (Wildman–Crippen MR) is 41.6 cm³/mol. The van der Waals surface area contributed by atoms with Crippen LogP contribution in [0.5, 0.6) is 0 Å². The number of aryl methyl sites for hydroxylation is 2. The van der Waals surface area contributed by atoms with E-state index in [0.717, 1.165) is 0 Å². The first-order valence-corrected chi connectivity index (χ1v) is 3.91. The van der Waals surface area contributed by atoms with Gasteiger partial charge in [0.25, 0.3) is 5.92 Å². The molecule has 0 radical (unpaired) electrons. The summed E-state index contributed by atoms with van der Waals surface area (Å²) in [4.78, 5) is 0. The number of alkyl halides is 2. The number of aromatic nitrogens is 1. The summed E-state index contributed by atoms with van der Waals surface area (Å²) < 4.78 is 31.1. The lowest BCUT2D eigenvalue weighted by atomic mass is 10.0. The zero-order chi connectivity index (χ0) is 10.1. The zero-order valence-electron chi connectivity index (χ0n) is 7.47. The highest BCUT2D eigenvalue weighted by atomic mass is 19.3. The molecular weight excluding hydrogens is 180 g/mol. The topological polar surface area (TPSA) is 46.3 Å². The van der Waals surface area contributed by atoms with E-state index in [9.17, 15) is 8.78 Å². The lowest BCUT2D eigenvalue weighted by molar-refractivity contribution is -0.0286. The molecule has 0 aliphatic rings. The van der Waals surface area contributed by atoms with Crippen molar-refractivity contribution >= 4 is 0 Å². The maximum absolute atomic E-state index is 13.3. The average Bonchev–Trinajstić information content (AvgIpc) is 2.31. The molecule has 0 aromatic carbocycles. The molecule has 1 aromatic heterocycles. The van der Waals surface area contributed by atoms with Crippen molar-refractivity contribution in [3.05, 3.63) is 17.0 Å². The largest absolute Gasteiger partial charge is 0.396 e. The Morgan fingerprint density at radius 1 is 1.46 bits per heavy atom. The molecule has 0 unspecified atom stereocenters. The summed E-state index contributed by atoms with van der Waals surface area (Å²) in [5.41, 5.74) is -0.0301. The van der Waals surface area contributed by atoms with Crippen molar-refractivity contribution < 1.29 is 18.4 Å². The molecule has 3 nitrogen and oxygen atoms in total. The molecule has 5 heteroatoms. The van der Waals surface area contributed by atoms with Crippen molar-refractivity contribution in [2.24, 2.45) is 0 Å². The van der Waals surface area contributed by atoms with E-state index in [1.165, 1.54) is 13.8 Å². The molecule has 0 saturated heterocycles. The molecule has 1 rings (SSSR count). The third kappa shape index (κ3) is 1.85. The van der Waals surface area contributed by atoms with E-state index in [1.807, 2.05) is 0 Å². The van der Waals surface area contributed by atoms with Crippen LogP contribution in [0.3, 0.4) is 0 Å². The molecule has 0 saturated carbocycles. The standard InChI is InChI=1S/C8H11F2NO2/c1-5-7(6(2)13-11-5)8(9,10)3-4-12/h12H,3-4H2,1-2H3. The van der Waals surface area contributed by atoms with Gasteiger partial charge in [0, 0.05) is 13.0 Å². The highest BCUT2D eigenvalue weighted by Crippen LogP contribution is 2.35. The van der Waals surface area contributed by atoms with Crippen LogP contribution in [-0.4, -0.2) is 16.9 Å². The average molecular weight is 191 g/mol. The molecule has 1 heterocycles. The summed E-state index contributed by atoms with van der Waals surface area (Å²) in [5.74, 6) is -2.95. The van der Waals surface area contributed by atoms with E-state index in [-0.39, 0.29) is 17.0 Å². The highest BCUT2D eigenvalue weighted by molar-refractivity contribution is 5.26. The van der Waals surface area contributed by atoms with Gasteiger partial charge in [-0.15, -0.1) is 0 Å². The van der Waals surface area contributed by atoms with E-state index in [1.54, 1.807) is 0 Å². The lowest BCUT2D eigenvalue weighted by Crippen LogP contribution is -2.16. The molecule has 1 N–H and O–H groups in total. The van der Waals surface area contributed by atoms with E-state index in [2.05, 4.69) is 9.68 Å². The van der Waals surface area contributed by atoms with Crippen LogP contribution in [0.15, 0.2) is 4.52 Å². The molecule has 0 aliphatic heterocycles. The molecule has 0 amide bonds. The zero-order valence-corrected chi connectivity index (χ0v) is 7.47. The Morgan fingerprint density at radius 2 is 2.08 bits per heavy atom. The number of nitrogens with zero attached hydrogens (tertiary/aromatic N) is 1. The minimum atomic E-state index is -3.05. The summed E-state index contributed by atoms with van der Waals surface area (Å²) in [6.07, 6.45) is -0.601. The van der Waals surface area contributed by atoms with Crippen LogP contribution in [0.2, 0.25) is 0 Å². The van der Waals surface area contributed by atoms with Gasteiger partial charge in [0.1, 0.15) is 5.76 Å². The van der Waals surface area contributed by atoms with Crippen molar-refractivity contribution in [1.29, 1.82) is 0 Å². The Balaban J connectivity index is 3.05. The minimum absolute atomic E-state index is 0.107. The van der Waals surface area contributed by atoms with Crippen molar-refractivity contribution in [3.8, 4) is 0 Å². The summed E-state index contributed by atoms with van der Waals surface area (Å²) in [5, 5.41) is 11.9. The Bertz CT molecular complexity index is 277. The van der Waals surface area contributed by atoms with Gasteiger partial charge in [0.05, 0.1) is 11.3 Å². The third-order valence-electron chi connectivity index (χ3n) is 1.82. The maximum Gasteiger partial charge on any atom is 0.280 e. The predicted octanol–water partition coefficient (Wildman–Crippen LogP) is 1.77. The van der Waals surface area contributed by atoms with Crippen LogP contribution in [0.1, 0.15) is 23.4 Å². The lowest BCUT2D eigenvalue weighted by Gasteiger charge is -2.13. The second-order valence-electron chi connectivity index (χ2n) is 2.88. The third-order valence-corrected chi connectivity index (χ3v) is 1.82. The number of hydrogen-bond acceptors (Lipinski definition) is 3. The van der Waals surface area contributed by atoms with Gasteiger partial charge in [-0.2, -0.15) is 0 Å². The summed E-state index contributed by atoms with van der Waals surface area (Å²) >= 11 is 0. The van der Waals surface area contributed by atoms with Gasteiger partial charge in [-0.25, -0.2) is 8.78 Å². The fourth-order valence-electron chi connectivity index (χ4n) is 1.27. The number of hydrogen-bond donors (Lipinski definition) is 1. The van der Waals surface area contributed by atoms with Crippen LogP contribution in [0.25, 0.3) is 0 Å². The first kappa shape index (κ1) is 10.1. The van der Waals surface area contributed by atoms with E-state index < -0.39 is 19.0 Å². The second kappa shape index (κ2) is 3.41. The number of halogens is 2. The minimum Gasteiger partial charge on any atom is -0.396 e. The van der Waals surface area contributed by atoms with Gasteiger partial charge in [0.15, 0.2) is 0 Å². The number of aliphatic hydroxyl groups is 1.